The highest BCUT2D eigenvalue weighted by Gasteiger charge is 2.48. The molecule has 2 N–H and O–H groups in total. The highest BCUT2D eigenvalue weighted by molar-refractivity contribution is 8.26. The van der Waals surface area contributed by atoms with Gasteiger partial charge in [-0.2, -0.15) is 0 Å². The molecule has 3 atom stereocenters. The van der Waals surface area contributed by atoms with Crippen molar-refractivity contribution in [3.8, 4) is 10.4 Å². The van der Waals surface area contributed by atoms with Crippen molar-refractivity contribution < 1.29 is 4.79 Å². The van der Waals surface area contributed by atoms with Gasteiger partial charge in [-0.15, -0.1) is 11.3 Å². The maximum absolute atomic E-state index is 13.4. The lowest BCUT2D eigenvalue weighted by molar-refractivity contribution is -0.124. The van der Waals surface area contributed by atoms with E-state index in [1.165, 1.54) is 46.3 Å². The zero-order valence-electron chi connectivity index (χ0n) is 18.6. The molecule has 3 fully saturated rings. The first-order valence-electron chi connectivity index (χ1n) is 11.9. The first-order chi connectivity index (χ1) is 16.0. The fraction of sp³-hybridized carbons (Fsp3) is 0.462. The Hall–Kier alpha value is -1.18. The number of thiophene rings is 1. The van der Waals surface area contributed by atoms with Crippen LogP contribution in [-0.2, 0) is 11.2 Å². The van der Waals surface area contributed by atoms with E-state index in [9.17, 15) is 4.79 Å². The number of aryl methyl sites for hydroxylation is 1. The molecule has 2 saturated carbocycles. The van der Waals surface area contributed by atoms with Crippen molar-refractivity contribution in [3.63, 3.8) is 0 Å². The van der Waals surface area contributed by atoms with E-state index in [1.54, 1.807) is 11.3 Å². The summed E-state index contributed by atoms with van der Waals surface area (Å²) in [6, 6.07) is 10.6. The van der Waals surface area contributed by atoms with Gasteiger partial charge < -0.3 is 5.73 Å². The number of hydrogen-bond donors (Lipinski definition) is 1. The molecule has 1 aromatic heterocycles. The molecular formula is C26H29ClN2OS3. The summed E-state index contributed by atoms with van der Waals surface area (Å²) in [5.41, 5.74) is 8.13. The van der Waals surface area contributed by atoms with E-state index in [-0.39, 0.29) is 5.91 Å². The largest absolute Gasteiger partial charge is 0.330 e. The number of amides is 1. The van der Waals surface area contributed by atoms with Crippen LogP contribution in [0.3, 0.4) is 0 Å². The number of carbonyl (C=O) groups is 1. The lowest BCUT2D eigenvalue weighted by Crippen LogP contribution is -2.41. The molecule has 33 heavy (non-hydrogen) atoms. The van der Waals surface area contributed by atoms with E-state index in [4.69, 9.17) is 29.6 Å². The summed E-state index contributed by atoms with van der Waals surface area (Å²) in [5, 5.41) is 0.738. The highest BCUT2D eigenvalue weighted by Crippen LogP contribution is 2.49. The zero-order valence-corrected chi connectivity index (χ0v) is 21.8. The number of rotatable bonds is 8. The second-order valence-corrected chi connectivity index (χ2v) is 12.6. The van der Waals surface area contributed by atoms with Crippen LogP contribution in [0.2, 0.25) is 5.02 Å². The van der Waals surface area contributed by atoms with Crippen LogP contribution < -0.4 is 5.73 Å². The fourth-order valence-corrected chi connectivity index (χ4v) is 8.28. The third-order valence-electron chi connectivity index (χ3n) is 7.24. The Balaban J connectivity index is 1.41. The first kappa shape index (κ1) is 23.6. The van der Waals surface area contributed by atoms with Crippen molar-refractivity contribution in [1.82, 2.24) is 4.90 Å². The van der Waals surface area contributed by atoms with E-state index in [0.717, 1.165) is 64.4 Å². The Kier molecular flexibility index (Phi) is 7.29. The Morgan fingerprint density at radius 2 is 1.97 bits per heavy atom. The quantitative estimate of drug-likeness (QED) is 0.230. The molecule has 174 valence electrons. The van der Waals surface area contributed by atoms with E-state index < -0.39 is 0 Å². The average Bonchev–Trinajstić information content (AvgIpc) is 3.57. The topological polar surface area (TPSA) is 46.3 Å². The molecular weight excluding hydrogens is 488 g/mol. The molecule has 2 aliphatic carbocycles. The molecule has 2 heterocycles. The van der Waals surface area contributed by atoms with Gasteiger partial charge in [0.1, 0.15) is 4.32 Å². The lowest BCUT2D eigenvalue weighted by Gasteiger charge is -2.30. The second kappa shape index (κ2) is 10.2. The van der Waals surface area contributed by atoms with Gasteiger partial charge in [-0.1, -0.05) is 60.6 Å². The van der Waals surface area contributed by atoms with Crippen LogP contribution >= 0.6 is 46.9 Å². The van der Waals surface area contributed by atoms with E-state index in [1.807, 2.05) is 17.0 Å². The van der Waals surface area contributed by atoms with Crippen molar-refractivity contribution in [3.05, 3.63) is 50.7 Å². The monoisotopic (exact) mass is 516 g/mol. The number of nitrogens with zero attached hydrogens (tertiary/aromatic N) is 1. The van der Waals surface area contributed by atoms with Gasteiger partial charge in [-0.05, 0) is 92.3 Å². The molecule has 7 heteroatoms. The minimum atomic E-state index is 0.109. The van der Waals surface area contributed by atoms with Crippen LogP contribution in [0.4, 0.5) is 0 Å². The SMILES string of the molecule is NCCCCCc1cc(-c2ccc(Cl)cc2)sc1C=C1SC(=S)N(C2CC3CCC2C3)C1=O. The van der Waals surface area contributed by atoms with Gasteiger partial charge in [-0.3, -0.25) is 9.69 Å². The van der Waals surface area contributed by atoms with Gasteiger partial charge in [-0.25, -0.2) is 0 Å². The van der Waals surface area contributed by atoms with Crippen LogP contribution in [0.1, 0.15) is 55.4 Å². The van der Waals surface area contributed by atoms with Gasteiger partial charge in [0.05, 0.1) is 4.91 Å². The molecule has 3 unspecified atom stereocenters. The Morgan fingerprint density at radius 3 is 2.67 bits per heavy atom. The van der Waals surface area contributed by atoms with Crippen molar-refractivity contribution >= 4 is 63.2 Å². The smallest absolute Gasteiger partial charge is 0.266 e. The van der Waals surface area contributed by atoms with Crippen LogP contribution in [0.25, 0.3) is 16.5 Å². The Morgan fingerprint density at radius 1 is 1.15 bits per heavy atom. The summed E-state index contributed by atoms with van der Waals surface area (Å²) in [6.07, 6.45) is 11.3. The van der Waals surface area contributed by atoms with Gasteiger partial charge in [0, 0.05) is 20.8 Å². The van der Waals surface area contributed by atoms with Gasteiger partial charge in [0.25, 0.3) is 5.91 Å². The number of carbonyl (C=O) groups excluding carboxylic acids is 1. The van der Waals surface area contributed by atoms with Gasteiger partial charge in [0.15, 0.2) is 0 Å². The first-order valence-corrected chi connectivity index (χ1v) is 14.3. The van der Waals surface area contributed by atoms with Crippen LogP contribution in [0, 0.1) is 11.8 Å². The minimum Gasteiger partial charge on any atom is -0.330 e. The molecule has 3 nitrogen and oxygen atoms in total. The fourth-order valence-electron chi connectivity index (χ4n) is 5.57. The van der Waals surface area contributed by atoms with Crippen molar-refractivity contribution in [1.29, 1.82) is 0 Å². The average molecular weight is 517 g/mol. The number of hydrogen-bond acceptors (Lipinski definition) is 5. The summed E-state index contributed by atoms with van der Waals surface area (Å²) in [7, 11) is 0. The van der Waals surface area contributed by atoms with Crippen LogP contribution in [-0.4, -0.2) is 27.7 Å². The molecule has 1 aromatic carbocycles. The maximum Gasteiger partial charge on any atom is 0.266 e. The molecule has 0 spiro atoms. The van der Waals surface area contributed by atoms with Crippen molar-refractivity contribution in [2.24, 2.45) is 17.6 Å². The van der Waals surface area contributed by atoms with E-state index in [2.05, 4.69) is 24.3 Å². The van der Waals surface area contributed by atoms with Crippen LogP contribution in [0.5, 0.6) is 0 Å². The predicted molar refractivity (Wildman–Crippen MR) is 146 cm³/mol. The summed E-state index contributed by atoms with van der Waals surface area (Å²) in [4.78, 5) is 18.5. The standard InChI is InChI=1S/C26H29ClN2OS3/c27-20-9-7-17(8-10-20)22-14-19(4-2-1-3-11-28)23(32-22)15-24-25(30)29(26(31)33-24)21-13-16-5-6-18(21)12-16/h7-10,14-16,18,21H,1-6,11-13,28H2. The summed E-state index contributed by atoms with van der Waals surface area (Å²) in [6.45, 7) is 0.734. The number of unbranched alkanes of at least 4 members (excludes halogenated alkanes) is 2. The highest BCUT2D eigenvalue weighted by atomic mass is 35.5. The molecule has 1 aliphatic heterocycles. The summed E-state index contributed by atoms with van der Waals surface area (Å²) in [5.74, 6) is 1.53. The number of thioether (sulfide) groups is 1. The van der Waals surface area contributed by atoms with Crippen molar-refractivity contribution in [2.75, 3.05) is 6.54 Å². The summed E-state index contributed by atoms with van der Waals surface area (Å²) < 4.78 is 0.739. The number of fused-ring (bicyclic) bond motifs is 2. The second-order valence-electron chi connectivity index (χ2n) is 9.40. The number of thiocarbonyl (C=S) groups is 1. The molecule has 1 amide bonds. The molecule has 0 radical (unpaired) electrons. The predicted octanol–water partition coefficient (Wildman–Crippen LogP) is 7.13. The molecule has 2 bridgehead atoms. The Labute approximate surface area is 214 Å². The number of nitrogens with two attached hydrogens (primary N) is 1. The van der Waals surface area contributed by atoms with E-state index in [0.29, 0.717) is 12.0 Å². The number of halogens is 1. The molecule has 3 aliphatic rings. The maximum atomic E-state index is 13.4. The van der Waals surface area contributed by atoms with E-state index >= 15 is 0 Å². The third kappa shape index (κ3) is 4.96. The minimum absolute atomic E-state index is 0.109. The van der Waals surface area contributed by atoms with Crippen molar-refractivity contribution in [2.45, 2.75) is 57.4 Å². The third-order valence-corrected chi connectivity index (χ3v) is 9.99. The zero-order chi connectivity index (χ0) is 22.9. The Bertz CT molecular complexity index is 1080. The molecule has 1 saturated heterocycles. The lowest BCUT2D eigenvalue weighted by atomic mass is 9.94. The summed E-state index contributed by atoms with van der Waals surface area (Å²) >= 11 is 15.0. The number of benzene rings is 1. The van der Waals surface area contributed by atoms with Gasteiger partial charge >= 0.3 is 0 Å². The molecule has 5 rings (SSSR count). The van der Waals surface area contributed by atoms with Crippen LogP contribution in [0.15, 0.2) is 35.2 Å². The van der Waals surface area contributed by atoms with Gasteiger partial charge in [0.2, 0.25) is 0 Å². The normalized spacial score (nSPS) is 25.7. The molecule has 2 aromatic rings.